The fraction of sp³-hybridized carbons (Fsp3) is 0.133. The first-order valence-corrected chi connectivity index (χ1v) is 8.28. The normalized spacial score (nSPS) is 10.9. The number of hydrogen-bond donors (Lipinski definition) is 1. The summed E-state index contributed by atoms with van der Waals surface area (Å²) < 4.78 is 27.0. The maximum absolute atomic E-state index is 12.4. The second-order valence-corrected chi connectivity index (χ2v) is 6.76. The van der Waals surface area contributed by atoms with E-state index >= 15 is 0 Å². The Morgan fingerprint density at radius 2 is 1.67 bits per heavy atom. The van der Waals surface area contributed by atoms with Crippen LogP contribution in [0.25, 0.3) is 0 Å². The van der Waals surface area contributed by atoms with Gasteiger partial charge in [0.15, 0.2) is 4.90 Å². The van der Waals surface area contributed by atoms with Crippen LogP contribution in [0.1, 0.15) is 10.4 Å². The van der Waals surface area contributed by atoms with Gasteiger partial charge in [0.2, 0.25) is 0 Å². The van der Waals surface area contributed by atoms with Gasteiger partial charge in [-0.1, -0.05) is 12.1 Å². The van der Waals surface area contributed by atoms with Gasteiger partial charge in [0.05, 0.1) is 4.92 Å². The summed E-state index contributed by atoms with van der Waals surface area (Å²) in [5.41, 5.74) is 0.0847. The molecule has 1 amide bonds. The van der Waals surface area contributed by atoms with Crippen LogP contribution >= 0.6 is 0 Å². The molecule has 24 heavy (non-hydrogen) atoms. The Bertz CT molecular complexity index is 876. The van der Waals surface area contributed by atoms with E-state index in [1.165, 1.54) is 41.3 Å². The number of amides is 1. The molecule has 9 heteroatoms. The topological polar surface area (TPSA) is 110 Å². The van der Waals surface area contributed by atoms with Crippen LogP contribution in [-0.2, 0) is 10.0 Å². The third kappa shape index (κ3) is 3.69. The molecule has 126 valence electrons. The zero-order valence-corrected chi connectivity index (χ0v) is 13.8. The van der Waals surface area contributed by atoms with Crippen molar-refractivity contribution in [3.63, 3.8) is 0 Å². The Morgan fingerprint density at radius 1 is 1.08 bits per heavy atom. The van der Waals surface area contributed by atoms with Crippen LogP contribution in [0.15, 0.2) is 53.4 Å². The van der Waals surface area contributed by atoms with Crippen LogP contribution < -0.4 is 4.72 Å². The maximum Gasteiger partial charge on any atom is 0.289 e. The van der Waals surface area contributed by atoms with Gasteiger partial charge in [-0.2, -0.15) is 0 Å². The molecule has 0 bridgehead atoms. The number of nitro benzene ring substituents is 1. The first kappa shape index (κ1) is 17.4. The third-order valence-electron chi connectivity index (χ3n) is 3.14. The van der Waals surface area contributed by atoms with Gasteiger partial charge in [0.25, 0.3) is 21.6 Å². The van der Waals surface area contributed by atoms with Gasteiger partial charge in [-0.25, -0.2) is 8.42 Å². The number of benzene rings is 2. The van der Waals surface area contributed by atoms with Crippen molar-refractivity contribution in [3.8, 4) is 0 Å². The van der Waals surface area contributed by atoms with Crippen molar-refractivity contribution in [1.29, 1.82) is 0 Å². The Labute approximate surface area is 138 Å². The molecule has 0 aromatic heterocycles. The summed E-state index contributed by atoms with van der Waals surface area (Å²) >= 11 is 0. The van der Waals surface area contributed by atoms with Gasteiger partial charge in [-0.15, -0.1) is 0 Å². The molecule has 8 nitrogen and oxygen atoms in total. The SMILES string of the molecule is CN(C)C(=O)c1ccc(NS(=O)(=O)c2ccccc2[N+](=O)[O-])cc1. The number of nitrogens with zero attached hydrogens (tertiary/aromatic N) is 2. The van der Waals surface area contributed by atoms with Gasteiger partial charge in [0, 0.05) is 31.4 Å². The second-order valence-electron chi connectivity index (χ2n) is 5.11. The van der Waals surface area contributed by atoms with Gasteiger partial charge in [-0.05, 0) is 30.3 Å². The van der Waals surface area contributed by atoms with E-state index in [-0.39, 0.29) is 11.6 Å². The second kappa shape index (κ2) is 6.67. The van der Waals surface area contributed by atoms with Gasteiger partial charge in [0.1, 0.15) is 0 Å². The molecule has 0 fully saturated rings. The molecule has 2 rings (SSSR count). The molecule has 0 radical (unpaired) electrons. The lowest BCUT2D eigenvalue weighted by molar-refractivity contribution is -0.387. The van der Waals surface area contributed by atoms with Crippen LogP contribution in [0.3, 0.4) is 0 Å². The highest BCUT2D eigenvalue weighted by atomic mass is 32.2. The highest BCUT2D eigenvalue weighted by Gasteiger charge is 2.25. The molecule has 0 heterocycles. The van der Waals surface area contributed by atoms with E-state index in [4.69, 9.17) is 0 Å². The molecule has 0 aliphatic carbocycles. The summed E-state index contributed by atoms with van der Waals surface area (Å²) in [5, 5.41) is 11.0. The number of para-hydroxylation sites is 1. The quantitative estimate of drug-likeness (QED) is 0.656. The lowest BCUT2D eigenvalue weighted by Crippen LogP contribution is -2.21. The summed E-state index contributed by atoms with van der Waals surface area (Å²) in [6.07, 6.45) is 0. The van der Waals surface area contributed by atoms with Crippen LogP contribution in [-0.4, -0.2) is 38.2 Å². The van der Waals surface area contributed by atoms with Gasteiger partial charge >= 0.3 is 0 Å². The molecule has 0 aliphatic rings. The molecule has 2 aromatic carbocycles. The van der Waals surface area contributed by atoms with Crippen LogP contribution in [0, 0.1) is 10.1 Å². The number of sulfonamides is 1. The molecule has 1 N–H and O–H groups in total. The summed E-state index contributed by atoms with van der Waals surface area (Å²) in [7, 11) is -0.916. The molecule has 0 atom stereocenters. The largest absolute Gasteiger partial charge is 0.345 e. The van der Waals surface area contributed by atoms with Crippen molar-refractivity contribution in [2.24, 2.45) is 0 Å². The van der Waals surface area contributed by atoms with Crippen molar-refractivity contribution in [2.75, 3.05) is 18.8 Å². The van der Waals surface area contributed by atoms with E-state index in [0.29, 0.717) is 5.56 Å². The molecule has 0 aliphatic heterocycles. The fourth-order valence-corrected chi connectivity index (χ4v) is 3.22. The van der Waals surface area contributed by atoms with E-state index in [2.05, 4.69) is 4.72 Å². The summed E-state index contributed by atoms with van der Waals surface area (Å²) in [6.45, 7) is 0. The van der Waals surface area contributed by atoms with Crippen LogP contribution in [0.2, 0.25) is 0 Å². The monoisotopic (exact) mass is 349 g/mol. The van der Waals surface area contributed by atoms with E-state index < -0.39 is 25.5 Å². The Morgan fingerprint density at radius 3 is 2.21 bits per heavy atom. The van der Waals surface area contributed by atoms with E-state index in [9.17, 15) is 23.3 Å². The van der Waals surface area contributed by atoms with Crippen LogP contribution in [0.5, 0.6) is 0 Å². The number of rotatable bonds is 5. The van der Waals surface area contributed by atoms with Crippen molar-refractivity contribution >= 4 is 27.3 Å². The van der Waals surface area contributed by atoms with Gasteiger partial charge in [-0.3, -0.25) is 19.6 Å². The number of nitrogens with one attached hydrogen (secondary N) is 1. The molecular formula is C15H15N3O5S. The van der Waals surface area contributed by atoms with E-state index in [0.717, 1.165) is 12.1 Å². The van der Waals surface area contributed by atoms with Crippen molar-refractivity contribution in [2.45, 2.75) is 4.90 Å². The smallest absolute Gasteiger partial charge is 0.289 e. The maximum atomic E-state index is 12.4. The van der Waals surface area contributed by atoms with Crippen molar-refractivity contribution in [3.05, 3.63) is 64.2 Å². The Kier molecular flexibility index (Phi) is 4.84. The molecule has 0 unspecified atom stereocenters. The van der Waals surface area contributed by atoms with Gasteiger partial charge < -0.3 is 4.90 Å². The predicted molar refractivity (Wildman–Crippen MR) is 88.4 cm³/mol. The van der Waals surface area contributed by atoms with E-state index in [1.54, 1.807) is 14.1 Å². The zero-order valence-electron chi connectivity index (χ0n) is 13.0. The van der Waals surface area contributed by atoms with E-state index in [1.807, 2.05) is 0 Å². The molecule has 0 saturated heterocycles. The number of carbonyl (C=O) groups excluding carboxylic acids is 1. The molecule has 2 aromatic rings. The zero-order chi connectivity index (χ0) is 17.9. The number of carbonyl (C=O) groups is 1. The highest BCUT2D eigenvalue weighted by molar-refractivity contribution is 7.92. The fourth-order valence-electron chi connectivity index (χ4n) is 1.98. The van der Waals surface area contributed by atoms with Crippen LogP contribution in [0.4, 0.5) is 11.4 Å². The molecule has 0 saturated carbocycles. The standard InChI is InChI=1S/C15H15N3O5S/c1-17(2)15(19)11-7-9-12(10-8-11)16-24(22,23)14-6-4-3-5-13(14)18(20)21/h3-10,16H,1-2H3. The van der Waals surface area contributed by atoms with Crippen molar-refractivity contribution < 1.29 is 18.1 Å². The minimum absolute atomic E-state index is 0.198. The number of hydrogen-bond acceptors (Lipinski definition) is 5. The third-order valence-corrected chi connectivity index (χ3v) is 4.57. The molecular weight excluding hydrogens is 334 g/mol. The average Bonchev–Trinajstić information content (AvgIpc) is 2.54. The lowest BCUT2D eigenvalue weighted by Gasteiger charge is -2.11. The summed E-state index contributed by atoms with van der Waals surface area (Å²) in [6, 6.07) is 10.8. The minimum atomic E-state index is -4.13. The number of anilines is 1. The first-order chi connectivity index (χ1) is 11.2. The highest BCUT2D eigenvalue weighted by Crippen LogP contribution is 2.25. The van der Waals surface area contributed by atoms with Crippen molar-refractivity contribution in [1.82, 2.24) is 4.90 Å². The first-order valence-electron chi connectivity index (χ1n) is 6.80. The minimum Gasteiger partial charge on any atom is -0.345 e. The average molecular weight is 349 g/mol. The Hall–Kier alpha value is -2.94. The number of nitro groups is 1. The molecule has 0 spiro atoms. The summed E-state index contributed by atoms with van der Waals surface area (Å²) in [4.78, 5) is 23.0. The lowest BCUT2D eigenvalue weighted by atomic mass is 10.2. The summed E-state index contributed by atoms with van der Waals surface area (Å²) in [5.74, 6) is -0.219. The predicted octanol–water partition coefficient (Wildman–Crippen LogP) is 2.10. The Balaban J connectivity index is 2.31.